The van der Waals surface area contributed by atoms with Crippen molar-refractivity contribution in [1.82, 2.24) is 0 Å². The molecule has 3 aromatic rings. The van der Waals surface area contributed by atoms with Crippen LogP contribution in [-0.2, 0) is 9.53 Å². The average molecular weight is 396 g/mol. The van der Waals surface area contributed by atoms with Crippen LogP contribution in [0.25, 0.3) is 11.0 Å². The van der Waals surface area contributed by atoms with Crippen molar-refractivity contribution in [1.29, 1.82) is 0 Å². The highest BCUT2D eigenvalue weighted by Gasteiger charge is 2.12. The minimum Gasteiger partial charge on any atom is -0.482 e. The van der Waals surface area contributed by atoms with Gasteiger partial charge in [0.2, 0.25) is 11.2 Å². The fraction of sp³-hybridized carbons (Fsp3) is 0.304. The highest BCUT2D eigenvalue weighted by molar-refractivity contribution is 5.79. The molecule has 6 heteroatoms. The number of aryl methyl sites for hydroxylation is 2. The van der Waals surface area contributed by atoms with Gasteiger partial charge in [0.05, 0.1) is 11.5 Å². The van der Waals surface area contributed by atoms with Crippen LogP contribution in [0.15, 0.2) is 51.9 Å². The molecule has 6 nitrogen and oxygen atoms in total. The molecule has 0 fully saturated rings. The first-order valence-electron chi connectivity index (χ1n) is 9.49. The van der Waals surface area contributed by atoms with E-state index in [2.05, 4.69) is 0 Å². The van der Waals surface area contributed by atoms with Crippen LogP contribution in [0.1, 0.15) is 31.4 Å². The van der Waals surface area contributed by atoms with Crippen molar-refractivity contribution in [3.05, 3.63) is 64.0 Å². The number of rotatable bonds is 7. The zero-order valence-corrected chi connectivity index (χ0v) is 17.0. The topological polar surface area (TPSA) is 75.0 Å². The summed E-state index contributed by atoms with van der Waals surface area (Å²) in [6.07, 6.45) is 1.86. The number of hydrogen-bond acceptors (Lipinski definition) is 6. The first-order valence-corrected chi connectivity index (χ1v) is 9.49. The maximum Gasteiger partial charge on any atom is 0.344 e. The molecule has 0 bridgehead atoms. The van der Waals surface area contributed by atoms with Gasteiger partial charge in [0.1, 0.15) is 23.3 Å². The highest BCUT2D eigenvalue weighted by Crippen LogP contribution is 2.25. The van der Waals surface area contributed by atoms with E-state index in [-0.39, 0.29) is 23.9 Å². The first kappa shape index (κ1) is 20.5. The maximum absolute atomic E-state index is 12.7. The molecular weight excluding hydrogens is 372 g/mol. The molecule has 0 aliphatic rings. The summed E-state index contributed by atoms with van der Waals surface area (Å²) >= 11 is 0. The van der Waals surface area contributed by atoms with Gasteiger partial charge >= 0.3 is 5.97 Å². The van der Waals surface area contributed by atoms with Crippen LogP contribution in [0.2, 0.25) is 0 Å². The third-order valence-electron chi connectivity index (χ3n) is 4.40. The van der Waals surface area contributed by atoms with E-state index in [1.165, 1.54) is 6.26 Å². The number of ether oxygens (including phenoxy) is 3. The molecule has 0 unspecified atom stereocenters. The Morgan fingerprint density at radius 1 is 1.07 bits per heavy atom. The highest BCUT2D eigenvalue weighted by atomic mass is 16.6. The zero-order chi connectivity index (χ0) is 21.0. The Morgan fingerprint density at radius 3 is 2.48 bits per heavy atom. The number of esters is 1. The molecule has 1 atom stereocenters. The first-order chi connectivity index (χ1) is 13.9. The average Bonchev–Trinajstić information content (AvgIpc) is 2.67. The van der Waals surface area contributed by atoms with E-state index >= 15 is 0 Å². The molecular formula is C23H24O6. The number of carbonyl (C=O) groups excluding carboxylic acids is 1. The van der Waals surface area contributed by atoms with E-state index in [1.807, 2.05) is 45.9 Å². The number of hydrogen-bond donors (Lipinski definition) is 0. The monoisotopic (exact) mass is 396 g/mol. The fourth-order valence-electron chi connectivity index (χ4n) is 2.85. The van der Waals surface area contributed by atoms with Gasteiger partial charge in [-0.2, -0.15) is 0 Å². The standard InChI is InChI=1S/C23H24O6/c1-5-16(4)28-22(24)13-26-17-6-7-19-20(11-17)27-12-21(23(19)25)29-18-9-14(2)8-15(3)10-18/h6-12,16H,5,13H2,1-4H3/t16-/m0/s1. The smallest absolute Gasteiger partial charge is 0.344 e. The van der Waals surface area contributed by atoms with E-state index in [1.54, 1.807) is 18.2 Å². The SMILES string of the molecule is CC[C@H](C)OC(=O)COc1ccc2c(=O)c(Oc3cc(C)cc(C)c3)coc2c1. The molecule has 0 radical (unpaired) electrons. The summed E-state index contributed by atoms with van der Waals surface area (Å²) in [5.41, 5.74) is 2.14. The molecule has 3 rings (SSSR count). The Hall–Kier alpha value is -3.28. The summed E-state index contributed by atoms with van der Waals surface area (Å²) in [6, 6.07) is 10.5. The van der Waals surface area contributed by atoms with Gasteiger partial charge in [-0.15, -0.1) is 0 Å². The molecule has 1 heterocycles. The van der Waals surface area contributed by atoms with Gasteiger partial charge in [-0.05, 0) is 62.6 Å². The third kappa shape index (κ3) is 5.16. The van der Waals surface area contributed by atoms with Crippen LogP contribution in [0, 0.1) is 13.8 Å². The Bertz CT molecular complexity index is 1060. The van der Waals surface area contributed by atoms with Crippen molar-refractivity contribution in [3.8, 4) is 17.2 Å². The molecule has 2 aromatic carbocycles. The molecule has 29 heavy (non-hydrogen) atoms. The number of fused-ring (bicyclic) bond motifs is 1. The fourth-order valence-corrected chi connectivity index (χ4v) is 2.85. The molecule has 0 saturated carbocycles. The normalized spacial score (nSPS) is 11.9. The summed E-state index contributed by atoms with van der Waals surface area (Å²) in [7, 11) is 0. The maximum atomic E-state index is 12.7. The van der Waals surface area contributed by atoms with E-state index in [4.69, 9.17) is 18.6 Å². The van der Waals surface area contributed by atoms with Crippen LogP contribution in [0.5, 0.6) is 17.2 Å². The van der Waals surface area contributed by atoms with Gasteiger partial charge in [0.15, 0.2) is 6.61 Å². The summed E-state index contributed by atoms with van der Waals surface area (Å²) in [5.74, 6) is 0.644. The van der Waals surface area contributed by atoms with Crippen LogP contribution < -0.4 is 14.9 Å². The van der Waals surface area contributed by atoms with Crippen LogP contribution in [0.4, 0.5) is 0 Å². The summed E-state index contributed by atoms with van der Waals surface area (Å²) in [4.78, 5) is 24.5. The molecule has 0 N–H and O–H groups in total. The van der Waals surface area contributed by atoms with Crippen LogP contribution in [-0.4, -0.2) is 18.7 Å². The number of carbonyl (C=O) groups is 1. The minimum absolute atomic E-state index is 0.105. The largest absolute Gasteiger partial charge is 0.482 e. The van der Waals surface area contributed by atoms with E-state index in [0.717, 1.165) is 17.5 Å². The molecule has 0 spiro atoms. The van der Waals surface area contributed by atoms with Crippen LogP contribution in [0.3, 0.4) is 0 Å². The summed E-state index contributed by atoms with van der Waals surface area (Å²) in [6.45, 7) is 7.46. The van der Waals surface area contributed by atoms with Gasteiger partial charge in [0, 0.05) is 6.07 Å². The summed E-state index contributed by atoms with van der Waals surface area (Å²) < 4.78 is 21.9. The lowest BCUT2D eigenvalue weighted by molar-refractivity contribution is -0.150. The zero-order valence-electron chi connectivity index (χ0n) is 17.0. The molecule has 0 aliphatic heterocycles. The molecule has 1 aromatic heterocycles. The Balaban J connectivity index is 1.77. The Morgan fingerprint density at radius 2 is 1.79 bits per heavy atom. The molecule has 0 aliphatic carbocycles. The predicted molar refractivity (Wildman–Crippen MR) is 110 cm³/mol. The van der Waals surface area contributed by atoms with Gasteiger partial charge in [-0.1, -0.05) is 13.0 Å². The quantitative estimate of drug-likeness (QED) is 0.528. The Kier molecular flexibility index (Phi) is 6.22. The lowest BCUT2D eigenvalue weighted by Crippen LogP contribution is -2.20. The lowest BCUT2D eigenvalue weighted by Gasteiger charge is -2.11. The second-order valence-corrected chi connectivity index (χ2v) is 7.01. The van der Waals surface area contributed by atoms with Crippen molar-refractivity contribution < 1.29 is 23.4 Å². The molecule has 152 valence electrons. The van der Waals surface area contributed by atoms with E-state index in [9.17, 15) is 9.59 Å². The predicted octanol–water partition coefficient (Wildman–Crippen LogP) is 4.92. The van der Waals surface area contributed by atoms with Crippen molar-refractivity contribution in [3.63, 3.8) is 0 Å². The molecule has 0 saturated heterocycles. The van der Waals surface area contributed by atoms with Gasteiger partial charge < -0.3 is 18.6 Å². The third-order valence-corrected chi connectivity index (χ3v) is 4.40. The summed E-state index contributed by atoms with van der Waals surface area (Å²) in [5, 5.41) is 0.362. The van der Waals surface area contributed by atoms with Gasteiger partial charge in [-0.25, -0.2) is 4.79 Å². The lowest BCUT2D eigenvalue weighted by atomic mass is 10.1. The van der Waals surface area contributed by atoms with E-state index < -0.39 is 5.97 Å². The van der Waals surface area contributed by atoms with Crippen LogP contribution >= 0.6 is 0 Å². The van der Waals surface area contributed by atoms with Gasteiger partial charge in [-0.3, -0.25) is 4.79 Å². The van der Waals surface area contributed by atoms with E-state index in [0.29, 0.717) is 22.5 Å². The van der Waals surface area contributed by atoms with Crippen molar-refractivity contribution >= 4 is 16.9 Å². The second kappa shape index (κ2) is 8.82. The number of benzene rings is 2. The van der Waals surface area contributed by atoms with Gasteiger partial charge in [0.25, 0.3) is 0 Å². The second-order valence-electron chi connectivity index (χ2n) is 7.01. The molecule has 0 amide bonds. The Labute approximate surface area is 169 Å². The van der Waals surface area contributed by atoms with Crippen molar-refractivity contribution in [2.24, 2.45) is 0 Å². The minimum atomic E-state index is -0.446. The van der Waals surface area contributed by atoms with Crippen molar-refractivity contribution in [2.75, 3.05) is 6.61 Å². The van der Waals surface area contributed by atoms with Crippen molar-refractivity contribution in [2.45, 2.75) is 40.2 Å².